The van der Waals surface area contributed by atoms with Crippen molar-refractivity contribution in [3.63, 3.8) is 0 Å². The topological polar surface area (TPSA) is 64.3 Å². The van der Waals surface area contributed by atoms with E-state index in [0.717, 1.165) is 0 Å². The van der Waals surface area contributed by atoms with Crippen LogP contribution in [0.4, 0.5) is 0 Å². The van der Waals surface area contributed by atoms with Gasteiger partial charge in [-0.1, -0.05) is 13.8 Å². The van der Waals surface area contributed by atoms with Crippen LogP contribution < -0.4 is 11.2 Å². The van der Waals surface area contributed by atoms with Crippen molar-refractivity contribution < 1.29 is 9.63 Å². The Morgan fingerprint density at radius 2 is 2.33 bits per heavy atom. The molecule has 9 heavy (non-hydrogen) atoms. The average molecular weight is 132 g/mol. The van der Waals surface area contributed by atoms with Crippen LogP contribution in [0.3, 0.4) is 0 Å². The summed E-state index contributed by atoms with van der Waals surface area (Å²) < 4.78 is 0. The second kappa shape index (κ2) is 4.29. The molecule has 0 aliphatic heterocycles. The SMILES string of the molecule is CC(C)C(=O)NCON. The van der Waals surface area contributed by atoms with Crippen LogP contribution in [0.5, 0.6) is 0 Å². The number of nitrogens with one attached hydrogen (secondary N) is 1. The summed E-state index contributed by atoms with van der Waals surface area (Å²) in [5, 5.41) is 2.45. The summed E-state index contributed by atoms with van der Waals surface area (Å²) in [4.78, 5) is 14.8. The Morgan fingerprint density at radius 1 is 1.78 bits per heavy atom. The predicted molar refractivity (Wildman–Crippen MR) is 33.1 cm³/mol. The van der Waals surface area contributed by atoms with Gasteiger partial charge in [-0.2, -0.15) is 0 Å². The van der Waals surface area contributed by atoms with E-state index >= 15 is 0 Å². The Balaban J connectivity index is 3.28. The molecule has 3 N–H and O–H groups in total. The summed E-state index contributed by atoms with van der Waals surface area (Å²) in [6.45, 7) is 3.68. The van der Waals surface area contributed by atoms with Crippen molar-refractivity contribution in [3.05, 3.63) is 0 Å². The van der Waals surface area contributed by atoms with Crippen molar-refractivity contribution in [2.45, 2.75) is 13.8 Å². The summed E-state index contributed by atoms with van der Waals surface area (Å²) in [6.07, 6.45) is 0. The zero-order chi connectivity index (χ0) is 7.28. The van der Waals surface area contributed by atoms with Gasteiger partial charge in [0.1, 0.15) is 6.73 Å². The summed E-state index contributed by atoms with van der Waals surface area (Å²) in [5.41, 5.74) is 0. The standard InChI is InChI=1S/C5H12N2O2/c1-4(2)5(8)7-3-9-6/h4H,3,6H2,1-2H3,(H,7,8). The molecule has 0 aromatic carbocycles. The van der Waals surface area contributed by atoms with Crippen LogP contribution in [0, 0.1) is 5.92 Å². The highest BCUT2D eigenvalue weighted by atomic mass is 16.6. The molecule has 54 valence electrons. The van der Waals surface area contributed by atoms with E-state index in [1.165, 1.54) is 0 Å². The fourth-order valence-corrected chi connectivity index (χ4v) is 0.317. The largest absolute Gasteiger partial charge is 0.331 e. The number of carbonyl (C=O) groups is 1. The Labute approximate surface area is 54.3 Å². The van der Waals surface area contributed by atoms with E-state index in [2.05, 4.69) is 16.1 Å². The van der Waals surface area contributed by atoms with Crippen molar-refractivity contribution in [1.82, 2.24) is 5.32 Å². The smallest absolute Gasteiger partial charge is 0.224 e. The third-order valence-corrected chi connectivity index (χ3v) is 0.854. The van der Waals surface area contributed by atoms with E-state index in [1.54, 1.807) is 13.8 Å². The molecule has 0 radical (unpaired) electrons. The lowest BCUT2D eigenvalue weighted by Crippen LogP contribution is -2.30. The highest BCUT2D eigenvalue weighted by molar-refractivity contribution is 5.77. The minimum Gasteiger partial charge on any atom is -0.331 e. The molecule has 0 spiro atoms. The van der Waals surface area contributed by atoms with Crippen LogP contribution in [-0.2, 0) is 9.63 Å². The Morgan fingerprint density at radius 3 is 2.67 bits per heavy atom. The Hall–Kier alpha value is -0.610. The zero-order valence-corrected chi connectivity index (χ0v) is 5.68. The van der Waals surface area contributed by atoms with Gasteiger partial charge in [-0.05, 0) is 0 Å². The van der Waals surface area contributed by atoms with Gasteiger partial charge in [0.25, 0.3) is 0 Å². The van der Waals surface area contributed by atoms with E-state index in [-0.39, 0.29) is 18.6 Å². The van der Waals surface area contributed by atoms with E-state index in [0.29, 0.717) is 0 Å². The van der Waals surface area contributed by atoms with Gasteiger partial charge in [0.15, 0.2) is 0 Å². The Bertz CT molecular complexity index is 93.0. The number of hydrogen-bond donors (Lipinski definition) is 2. The highest BCUT2D eigenvalue weighted by Crippen LogP contribution is 1.88. The maximum absolute atomic E-state index is 10.7. The predicted octanol–water partition coefficient (Wildman–Crippen LogP) is -0.394. The molecule has 0 aromatic rings. The number of rotatable bonds is 3. The van der Waals surface area contributed by atoms with Crippen molar-refractivity contribution >= 4 is 5.91 Å². The molecule has 0 rings (SSSR count). The summed E-state index contributed by atoms with van der Waals surface area (Å²) in [5.74, 6) is 4.59. The summed E-state index contributed by atoms with van der Waals surface area (Å²) >= 11 is 0. The molecule has 0 fully saturated rings. The van der Waals surface area contributed by atoms with E-state index in [1.807, 2.05) is 0 Å². The van der Waals surface area contributed by atoms with Crippen molar-refractivity contribution in [2.75, 3.05) is 6.73 Å². The minimum absolute atomic E-state index is 0.0138. The molecule has 4 heteroatoms. The molecule has 0 aliphatic rings. The third kappa shape index (κ3) is 3.93. The molecule has 0 aliphatic carbocycles. The first kappa shape index (κ1) is 8.39. The van der Waals surface area contributed by atoms with Gasteiger partial charge >= 0.3 is 0 Å². The maximum Gasteiger partial charge on any atom is 0.224 e. The number of amides is 1. The minimum atomic E-state index is -0.0551. The molecule has 1 amide bonds. The molecular formula is C5H12N2O2. The van der Waals surface area contributed by atoms with Gasteiger partial charge in [0.05, 0.1) is 0 Å². The lowest BCUT2D eigenvalue weighted by molar-refractivity contribution is -0.125. The number of nitrogens with two attached hydrogens (primary N) is 1. The average Bonchev–Trinajstić information content (AvgIpc) is 1.82. The first-order valence-electron chi connectivity index (χ1n) is 2.78. The maximum atomic E-state index is 10.7. The lowest BCUT2D eigenvalue weighted by Gasteiger charge is -2.04. The molecular weight excluding hydrogens is 120 g/mol. The highest BCUT2D eigenvalue weighted by Gasteiger charge is 2.03. The summed E-state index contributed by atoms with van der Waals surface area (Å²) in [7, 11) is 0. The normalized spacial score (nSPS) is 9.78. The van der Waals surface area contributed by atoms with Gasteiger partial charge < -0.3 is 5.32 Å². The first-order chi connectivity index (χ1) is 4.18. The van der Waals surface area contributed by atoms with Crippen LogP contribution in [-0.4, -0.2) is 12.6 Å². The van der Waals surface area contributed by atoms with Gasteiger partial charge in [0.2, 0.25) is 5.91 Å². The molecule has 0 bridgehead atoms. The van der Waals surface area contributed by atoms with E-state index < -0.39 is 0 Å². The van der Waals surface area contributed by atoms with E-state index in [9.17, 15) is 4.79 Å². The fraction of sp³-hybridized carbons (Fsp3) is 0.800. The van der Waals surface area contributed by atoms with Crippen LogP contribution in [0.15, 0.2) is 0 Å². The Kier molecular flexibility index (Phi) is 4.00. The monoisotopic (exact) mass is 132 g/mol. The summed E-state index contributed by atoms with van der Waals surface area (Å²) in [6, 6.07) is 0. The van der Waals surface area contributed by atoms with Crippen molar-refractivity contribution in [1.29, 1.82) is 0 Å². The van der Waals surface area contributed by atoms with Gasteiger partial charge in [0, 0.05) is 5.92 Å². The number of carbonyl (C=O) groups excluding carboxylic acids is 1. The molecule has 0 saturated carbocycles. The lowest BCUT2D eigenvalue weighted by atomic mass is 10.2. The zero-order valence-electron chi connectivity index (χ0n) is 5.68. The van der Waals surface area contributed by atoms with E-state index in [4.69, 9.17) is 0 Å². The molecule has 0 heterocycles. The van der Waals surface area contributed by atoms with Gasteiger partial charge in [-0.3, -0.25) is 9.63 Å². The van der Waals surface area contributed by atoms with Crippen LogP contribution in [0.2, 0.25) is 0 Å². The molecule has 4 nitrogen and oxygen atoms in total. The fourth-order valence-electron chi connectivity index (χ4n) is 0.317. The van der Waals surface area contributed by atoms with Crippen molar-refractivity contribution in [2.24, 2.45) is 11.8 Å². The second-order valence-corrected chi connectivity index (χ2v) is 2.01. The van der Waals surface area contributed by atoms with Crippen LogP contribution in [0.1, 0.15) is 13.8 Å². The third-order valence-electron chi connectivity index (χ3n) is 0.854. The van der Waals surface area contributed by atoms with Crippen molar-refractivity contribution in [3.8, 4) is 0 Å². The molecule has 0 aromatic heterocycles. The molecule has 0 saturated heterocycles. The quantitative estimate of drug-likeness (QED) is 0.406. The first-order valence-corrected chi connectivity index (χ1v) is 2.78. The second-order valence-electron chi connectivity index (χ2n) is 2.01. The molecule has 0 atom stereocenters. The molecule has 0 unspecified atom stereocenters. The van der Waals surface area contributed by atoms with Crippen LogP contribution >= 0.6 is 0 Å². The van der Waals surface area contributed by atoms with Crippen LogP contribution in [0.25, 0.3) is 0 Å². The van der Waals surface area contributed by atoms with Gasteiger partial charge in [-0.15, -0.1) is 0 Å². The van der Waals surface area contributed by atoms with Gasteiger partial charge in [-0.25, -0.2) is 5.90 Å². The number of hydrogen-bond acceptors (Lipinski definition) is 3.